The fraction of sp³-hybridized carbons (Fsp3) is 0.333. The summed E-state index contributed by atoms with van der Waals surface area (Å²) in [5.74, 6) is 0.833. The van der Waals surface area contributed by atoms with Gasteiger partial charge in [0.15, 0.2) is 0 Å². The van der Waals surface area contributed by atoms with E-state index in [4.69, 9.17) is 27.9 Å². The Bertz CT molecular complexity index is 633. The Morgan fingerprint density at radius 2 is 1.95 bits per heavy atom. The standard InChI is InChI=1S/C15H15Cl2N3O/c1-21-12-6-7-20(9-12)14-8-13(18-15(17)19-14)10-2-4-11(16)5-3-10/h2-5,8,12H,6-7,9H2,1H3/t12-/m0/s1. The lowest BCUT2D eigenvalue weighted by Gasteiger charge is -2.18. The largest absolute Gasteiger partial charge is 0.380 e. The Kier molecular flexibility index (Phi) is 4.29. The van der Waals surface area contributed by atoms with Gasteiger partial charge in [0.2, 0.25) is 5.28 Å². The molecule has 1 aliphatic heterocycles. The summed E-state index contributed by atoms with van der Waals surface area (Å²) in [6.07, 6.45) is 1.24. The minimum Gasteiger partial charge on any atom is -0.380 e. The molecule has 110 valence electrons. The highest BCUT2D eigenvalue weighted by Crippen LogP contribution is 2.27. The van der Waals surface area contributed by atoms with Crippen LogP contribution in [0.3, 0.4) is 0 Å². The molecular weight excluding hydrogens is 309 g/mol. The average Bonchev–Trinajstić information content (AvgIpc) is 2.96. The van der Waals surface area contributed by atoms with Gasteiger partial charge in [-0.1, -0.05) is 23.7 Å². The summed E-state index contributed by atoms with van der Waals surface area (Å²) in [6, 6.07) is 9.47. The third kappa shape index (κ3) is 3.28. The van der Waals surface area contributed by atoms with E-state index in [1.54, 1.807) is 7.11 Å². The van der Waals surface area contributed by atoms with Crippen LogP contribution in [0.15, 0.2) is 30.3 Å². The van der Waals surface area contributed by atoms with Crippen LogP contribution in [0.25, 0.3) is 11.3 Å². The van der Waals surface area contributed by atoms with E-state index in [1.165, 1.54) is 0 Å². The zero-order valence-electron chi connectivity index (χ0n) is 11.6. The molecule has 0 amide bonds. The van der Waals surface area contributed by atoms with Gasteiger partial charge < -0.3 is 9.64 Å². The monoisotopic (exact) mass is 323 g/mol. The van der Waals surface area contributed by atoms with Crippen molar-refractivity contribution >= 4 is 29.0 Å². The number of nitrogens with zero attached hydrogens (tertiary/aromatic N) is 3. The Morgan fingerprint density at radius 1 is 1.19 bits per heavy atom. The lowest BCUT2D eigenvalue weighted by atomic mass is 10.1. The smallest absolute Gasteiger partial charge is 0.224 e. The molecule has 4 nitrogen and oxygen atoms in total. The predicted molar refractivity (Wildman–Crippen MR) is 85.1 cm³/mol. The molecule has 21 heavy (non-hydrogen) atoms. The van der Waals surface area contributed by atoms with Crippen molar-refractivity contribution in [2.45, 2.75) is 12.5 Å². The lowest BCUT2D eigenvalue weighted by Crippen LogP contribution is -2.23. The van der Waals surface area contributed by atoms with Gasteiger partial charge in [0.25, 0.3) is 0 Å². The van der Waals surface area contributed by atoms with E-state index < -0.39 is 0 Å². The van der Waals surface area contributed by atoms with Gasteiger partial charge in [-0.3, -0.25) is 0 Å². The number of anilines is 1. The number of rotatable bonds is 3. The number of aromatic nitrogens is 2. The summed E-state index contributed by atoms with van der Waals surface area (Å²) >= 11 is 12.0. The van der Waals surface area contributed by atoms with Crippen molar-refractivity contribution in [3.05, 3.63) is 40.6 Å². The molecule has 2 heterocycles. The first-order valence-electron chi connectivity index (χ1n) is 6.74. The summed E-state index contributed by atoms with van der Waals surface area (Å²) in [7, 11) is 1.74. The number of halogens is 2. The Morgan fingerprint density at radius 3 is 2.62 bits per heavy atom. The molecule has 2 aromatic rings. The number of methoxy groups -OCH3 is 1. The van der Waals surface area contributed by atoms with Gasteiger partial charge in [-0.25, -0.2) is 9.97 Å². The summed E-state index contributed by atoms with van der Waals surface area (Å²) in [5.41, 5.74) is 1.76. The van der Waals surface area contributed by atoms with E-state index >= 15 is 0 Å². The number of hydrogen-bond acceptors (Lipinski definition) is 4. The summed E-state index contributed by atoms with van der Waals surface area (Å²) < 4.78 is 5.39. The molecule has 3 rings (SSSR count). The summed E-state index contributed by atoms with van der Waals surface area (Å²) in [5, 5.41) is 0.944. The molecule has 0 saturated carbocycles. The van der Waals surface area contributed by atoms with Gasteiger partial charge in [0.05, 0.1) is 11.8 Å². The van der Waals surface area contributed by atoms with Crippen molar-refractivity contribution in [2.75, 3.05) is 25.1 Å². The second kappa shape index (κ2) is 6.18. The van der Waals surface area contributed by atoms with Crippen LogP contribution >= 0.6 is 23.2 Å². The molecule has 0 unspecified atom stereocenters. The molecule has 1 atom stereocenters. The van der Waals surface area contributed by atoms with Crippen LogP contribution in [0.2, 0.25) is 10.3 Å². The number of benzene rings is 1. The second-order valence-corrected chi connectivity index (χ2v) is 5.75. The Balaban J connectivity index is 1.91. The third-order valence-corrected chi connectivity index (χ3v) is 4.05. The molecule has 0 N–H and O–H groups in total. The molecule has 0 aliphatic carbocycles. The van der Waals surface area contributed by atoms with Crippen molar-refractivity contribution in [3.8, 4) is 11.3 Å². The van der Waals surface area contributed by atoms with E-state index in [0.717, 1.165) is 36.6 Å². The zero-order chi connectivity index (χ0) is 14.8. The molecule has 1 aliphatic rings. The van der Waals surface area contributed by atoms with Crippen LogP contribution in [-0.4, -0.2) is 36.3 Å². The normalized spacial score (nSPS) is 18.2. The highest BCUT2D eigenvalue weighted by atomic mass is 35.5. The second-order valence-electron chi connectivity index (χ2n) is 4.98. The van der Waals surface area contributed by atoms with E-state index in [1.807, 2.05) is 30.3 Å². The van der Waals surface area contributed by atoms with Crippen molar-refractivity contribution in [1.82, 2.24) is 9.97 Å². The number of hydrogen-bond donors (Lipinski definition) is 0. The van der Waals surface area contributed by atoms with Gasteiger partial charge in [-0.2, -0.15) is 0 Å². The average molecular weight is 324 g/mol. The van der Waals surface area contributed by atoms with E-state index in [9.17, 15) is 0 Å². The minimum absolute atomic E-state index is 0.248. The van der Waals surface area contributed by atoms with Crippen molar-refractivity contribution in [3.63, 3.8) is 0 Å². The van der Waals surface area contributed by atoms with Gasteiger partial charge in [0, 0.05) is 36.9 Å². The first kappa shape index (κ1) is 14.6. The van der Waals surface area contributed by atoms with Crippen LogP contribution in [0.5, 0.6) is 0 Å². The zero-order valence-corrected chi connectivity index (χ0v) is 13.1. The van der Waals surface area contributed by atoms with Crippen LogP contribution in [-0.2, 0) is 4.74 Å². The molecule has 0 spiro atoms. The van der Waals surface area contributed by atoms with E-state index in [2.05, 4.69) is 14.9 Å². The molecule has 1 aromatic heterocycles. The maximum absolute atomic E-state index is 6.07. The predicted octanol–water partition coefficient (Wildman–Crippen LogP) is 3.68. The lowest BCUT2D eigenvalue weighted by molar-refractivity contribution is 0.121. The van der Waals surface area contributed by atoms with E-state index in [0.29, 0.717) is 5.02 Å². The fourth-order valence-electron chi connectivity index (χ4n) is 2.46. The third-order valence-electron chi connectivity index (χ3n) is 3.63. The topological polar surface area (TPSA) is 38.2 Å². The highest BCUT2D eigenvalue weighted by molar-refractivity contribution is 6.30. The van der Waals surface area contributed by atoms with Crippen LogP contribution in [0.4, 0.5) is 5.82 Å². The molecule has 0 bridgehead atoms. The van der Waals surface area contributed by atoms with Gasteiger partial charge in [0.1, 0.15) is 5.82 Å². The highest BCUT2D eigenvalue weighted by Gasteiger charge is 2.24. The first-order chi connectivity index (χ1) is 10.2. The van der Waals surface area contributed by atoms with Crippen LogP contribution in [0, 0.1) is 0 Å². The number of ether oxygens (including phenoxy) is 1. The van der Waals surface area contributed by atoms with Crippen LogP contribution in [0.1, 0.15) is 6.42 Å². The van der Waals surface area contributed by atoms with Crippen molar-refractivity contribution in [1.29, 1.82) is 0 Å². The SMILES string of the molecule is CO[C@H]1CCN(c2cc(-c3ccc(Cl)cc3)nc(Cl)n2)C1. The Labute approximate surface area is 133 Å². The van der Waals surface area contributed by atoms with Crippen molar-refractivity contribution in [2.24, 2.45) is 0 Å². The first-order valence-corrected chi connectivity index (χ1v) is 7.49. The molecule has 1 aromatic carbocycles. The molecular formula is C15H15Cl2N3O. The van der Waals surface area contributed by atoms with Crippen LogP contribution < -0.4 is 4.90 Å². The molecule has 1 saturated heterocycles. The quantitative estimate of drug-likeness (QED) is 0.808. The fourth-order valence-corrected chi connectivity index (χ4v) is 2.77. The molecule has 0 radical (unpaired) electrons. The van der Waals surface area contributed by atoms with Gasteiger partial charge >= 0.3 is 0 Å². The van der Waals surface area contributed by atoms with Gasteiger partial charge in [-0.05, 0) is 30.2 Å². The molecule has 6 heteroatoms. The molecule has 1 fully saturated rings. The summed E-state index contributed by atoms with van der Waals surface area (Å²) in [6.45, 7) is 1.73. The summed E-state index contributed by atoms with van der Waals surface area (Å²) in [4.78, 5) is 10.8. The van der Waals surface area contributed by atoms with E-state index in [-0.39, 0.29) is 11.4 Å². The maximum atomic E-state index is 6.07. The van der Waals surface area contributed by atoms with Crippen molar-refractivity contribution < 1.29 is 4.74 Å². The van der Waals surface area contributed by atoms with Gasteiger partial charge in [-0.15, -0.1) is 0 Å². The maximum Gasteiger partial charge on any atom is 0.224 e. The minimum atomic E-state index is 0.248. The Hall–Kier alpha value is -1.36.